The fourth-order valence-corrected chi connectivity index (χ4v) is 3.64. The monoisotopic (exact) mass is 326 g/mol. The van der Waals surface area contributed by atoms with Gasteiger partial charge in [-0.2, -0.15) is 14.6 Å². The van der Waals surface area contributed by atoms with Crippen molar-refractivity contribution in [1.29, 1.82) is 0 Å². The first-order valence-electron chi connectivity index (χ1n) is 8.63. The molecule has 2 aromatic heterocycles. The van der Waals surface area contributed by atoms with Crippen molar-refractivity contribution in [1.82, 2.24) is 24.9 Å². The van der Waals surface area contributed by atoms with Gasteiger partial charge < -0.3 is 10.2 Å². The van der Waals surface area contributed by atoms with Gasteiger partial charge in [-0.15, -0.1) is 0 Å². The molecule has 0 radical (unpaired) electrons. The number of fused-ring (bicyclic) bond motifs is 1. The number of hydrogen-bond donors (Lipinski definition) is 1. The topological polar surface area (TPSA) is 75.4 Å². The molecule has 1 fully saturated rings. The predicted molar refractivity (Wildman–Crippen MR) is 90.8 cm³/mol. The van der Waals surface area contributed by atoms with Crippen molar-refractivity contribution in [3.63, 3.8) is 0 Å². The van der Waals surface area contributed by atoms with Crippen LogP contribution in [0.5, 0.6) is 0 Å². The molecule has 7 nitrogen and oxygen atoms in total. The second kappa shape index (κ2) is 6.22. The largest absolute Gasteiger partial charge is 0.351 e. The van der Waals surface area contributed by atoms with Crippen LogP contribution in [0.1, 0.15) is 37.8 Å². The number of aromatic nitrogens is 4. The first-order valence-corrected chi connectivity index (χ1v) is 8.63. The summed E-state index contributed by atoms with van der Waals surface area (Å²) in [6, 6.07) is 1.96. The average Bonchev–Trinajstić information content (AvgIpc) is 3.24. The highest BCUT2D eigenvalue weighted by Crippen LogP contribution is 2.23. The molecular weight excluding hydrogens is 304 g/mol. The quantitative estimate of drug-likeness (QED) is 0.868. The fourth-order valence-electron chi connectivity index (χ4n) is 3.64. The summed E-state index contributed by atoms with van der Waals surface area (Å²) in [5, 5.41) is 7.48. The van der Waals surface area contributed by atoms with E-state index in [0.717, 1.165) is 24.4 Å². The normalized spacial score (nSPS) is 21.5. The molecule has 1 atom stereocenters. The van der Waals surface area contributed by atoms with Crippen molar-refractivity contribution in [2.45, 2.75) is 51.1 Å². The van der Waals surface area contributed by atoms with Gasteiger partial charge >= 0.3 is 0 Å². The number of hydrogen-bond acceptors (Lipinski definition) is 5. The third-order valence-electron chi connectivity index (χ3n) is 4.83. The van der Waals surface area contributed by atoms with Crippen LogP contribution < -0.4 is 10.2 Å². The molecule has 2 aromatic rings. The number of carbonyl (C=O) groups excluding carboxylic acids is 1. The molecule has 1 saturated carbocycles. The average molecular weight is 326 g/mol. The summed E-state index contributed by atoms with van der Waals surface area (Å²) in [7, 11) is 0. The number of amides is 1. The van der Waals surface area contributed by atoms with E-state index in [1.54, 1.807) is 4.52 Å². The number of nitrogens with one attached hydrogen (secondary N) is 1. The van der Waals surface area contributed by atoms with Crippen molar-refractivity contribution in [3.8, 4) is 0 Å². The molecule has 0 unspecified atom stereocenters. The smallest absolute Gasteiger partial charge is 0.254 e. The van der Waals surface area contributed by atoms with Gasteiger partial charge in [0.2, 0.25) is 5.91 Å². The molecule has 2 aliphatic rings. The van der Waals surface area contributed by atoms with Gasteiger partial charge in [0.1, 0.15) is 18.2 Å². The van der Waals surface area contributed by atoms with E-state index >= 15 is 0 Å². The molecule has 0 bridgehead atoms. The second-order valence-corrected chi connectivity index (χ2v) is 6.60. The Kier molecular flexibility index (Phi) is 3.92. The van der Waals surface area contributed by atoms with E-state index in [0.29, 0.717) is 18.4 Å². The molecule has 0 aromatic carbocycles. The molecule has 24 heavy (non-hydrogen) atoms. The number of carbonyl (C=O) groups is 1. The van der Waals surface area contributed by atoms with Crippen LogP contribution in [-0.4, -0.2) is 44.1 Å². The molecule has 1 amide bonds. The van der Waals surface area contributed by atoms with E-state index in [1.807, 2.05) is 25.1 Å². The number of rotatable bonds is 3. The molecule has 0 spiro atoms. The van der Waals surface area contributed by atoms with Crippen LogP contribution >= 0.6 is 0 Å². The first-order chi connectivity index (χ1) is 11.7. The predicted octanol–water partition coefficient (Wildman–Crippen LogP) is 1.63. The molecule has 1 N–H and O–H groups in total. The highest BCUT2D eigenvalue weighted by Gasteiger charge is 2.30. The molecular formula is C17H22N6O. The van der Waals surface area contributed by atoms with E-state index < -0.39 is 0 Å². The second-order valence-electron chi connectivity index (χ2n) is 6.60. The lowest BCUT2D eigenvalue weighted by Crippen LogP contribution is -2.48. The summed E-state index contributed by atoms with van der Waals surface area (Å²) in [5.41, 5.74) is 0.865. The first kappa shape index (κ1) is 15.1. The molecule has 1 aliphatic heterocycles. The SMILES string of the molecule is Cc1cc(N2CC=C[C@H]2C(=O)NC2CCCCC2)n2ncnc2n1. The Labute approximate surface area is 140 Å². The maximum Gasteiger partial charge on any atom is 0.254 e. The third kappa shape index (κ3) is 2.74. The van der Waals surface area contributed by atoms with Crippen LogP contribution in [0.4, 0.5) is 5.82 Å². The standard InChI is InChI=1S/C17H22N6O/c1-12-10-15(23-17(20-12)18-11-19-23)22-9-5-8-14(22)16(24)21-13-6-3-2-4-7-13/h5,8,10-11,13-14H,2-4,6-7,9H2,1H3,(H,21,24)/t14-/m0/s1. The van der Waals surface area contributed by atoms with E-state index in [-0.39, 0.29) is 11.9 Å². The van der Waals surface area contributed by atoms with Crippen LogP contribution in [0, 0.1) is 6.92 Å². The van der Waals surface area contributed by atoms with Crippen LogP contribution in [0.3, 0.4) is 0 Å². The molecule has 0 saturated heterocycles. The highest BCUT2D eigenvalue weighted by atomic mass is 16.2. The fraction of sp³-hybridized carbons (Fsp3) is 0.529. The lowest BCUT2D eigenvalue weighted by atomic mass is 9.95. The molecule has 4 rings (SSSR count). The van der Waals surface area contributed by atoms with Gasteiger partial charge in [-0.25, -0.2) is 4.98 Å². The third-order valence-corrected chi connectivity index (χ3v) is 4.83. The molecule has 126 valence electrons. The maximum atomic E-state index is 12.8. The minimum Gasteiger partial charge on any atom is -0.351 e. The minimum absolute atomic E-state index is 0.0679. The molecule has 3 heterocycles. The Hall–Kier alpha value is -2.44. The summed E-state index contributed by atoms with van der Waals surface area (Å²) >= 11 is 0. The van der Waals surface area contributed by atoms with Gasteiger partial charge in [-0.1, -0.05) is 31.4 Å². The summed E-state index contributed by atoms with van der Waals surface area (Å²) in [5.74, 6) is 1.48. The number of nitrogens with zero attached hydrogens (tertiary/aromatic N) is 5. The van der Waals surface area contributed by atoms with Crippen LogP contribution in [0.2, 0.25) is 0 Å². The highest BCUT2D eigenvalue weighted by molar-refractivity contribution is 5.88. The Balaban J connectivity index is 1.58. The van der Waals surface area contributed by atoms with Crippen LogP contribution in [0.25, 0.3) is 5.78 Å². The minimum atomic E-state index is -0.305. The lowest BCUT2D eigenvalue weighted by Gasteiger charge is -2.29. The van der Waals surface area contributed by atoms with Gasteiger partial charge in [0, 0.05) is 24.3 Å². The van der Waals surface area contributed by atoms with Crippen molar-refractivity contribution in [2.24, 2.45) is 0 Å². The van der Waals surface area contributed by atoms with Gasteiger partial charge in [-0.05, 0) is 19.8 Å². The van der Waals surface area contributed by atoms with Crippen molar-refractivity contribution in [3.05, 3.63) is 30.2 Å². The summed E-state index contributed by atoms with van der Waals surface area (Å²) in [4.78, 5) is 23.4. The maximum absolute atomic E-state index is 12.8. The van der Waals surface area contributed by atoms with Crippen LogP contribution in [0.15, 0.2) is 24.5 Å². The zero-order valence-corrected chi connectivity index (χ0v) is 13.9. The molecule has 1 aliphatic carbocycles. The molecule has 7 heteroatoms. The number of aryl methyl sites for hydroxylation is 1. The van der Waals surface area contributed by atoms with Gasteiger partial charge in [0.25, 0.3) is 5.78 Å². The van der Waals surface area contributed by atoms with Crippen molar-refractivity contribution >= 4 is 17.5 Å². The van der Waals surface area contributed by atoms with Crippen LogP contribution in [-0.2, 0) is 4.79 Å². The Morgan fingerprint density at radius 2 is 2.12 bits per heavy atom. The van der Waals surface area contributed by atoms with E-state index in [1.165, 1.54) is 25.6 Å². The Morgan fingerprint density at radius 3 is 2.96 bits per heavy atom. The Morgan fingerprint density at radius 1 is 1.29 bits per heavy atom. The number of anilines is 1. The van der Waals surface area contributed by atoms with Gasteiger partial charge in [-0.3, -0.25) is 4.79 Å². The van der Waals surface area contributed by atoms with E-state index in [4.69, 9.17) is 0 Å². The summed E-state index contributed by atoms with van der Waals surface area (Å²) < 4.78 is 1.70. The van der Waals surface area contributed by atoms with Gasteiger partial charge in [0.05, 0.1) is 0 Å². The van der Waals surface area contributed by atoms with Crippen molar-refractivity contribution < 1.29 is 4.79 Å². The lowest BCUT2D eigenvalue weighted by molar-refractivity contribution is -0.122. The van der Waals surface area contributed by atoms with E-state index in [2.05, 4.69) is 25.3 Å². The Bertz CT molecular complexity index is 776. The zero-order valence-electron chi connectivity index (χ0n) is 13.9. The summed E-state index contributed by atoms with van der Waals surface area (Å²) in [6.07, 6.45) is 11.4. The van der Waals surface area contributed by atoms with Gasteiger partial charge in [0.15, 0.2) is 0 Å². The van der Waals surface area contributed by atoms with E-state index in [9.17, 15) is 4.79 Å². The zero-order chi connectivity index (χ0) is 16.5. The van der Waals surface area contributed by atoms with Crippen molar-refractivity contribution in [2.75, 3.05) is 11.4 Å². The summed E-state index contributed by atoms with van der Waals surface area (Å²) in [6.45, 7) is 2.61.